The van der Waals surface area contributed by atoms with Crippen molar-refractivity contribution in [1.29, 1.82) is 0 Å². The number of carbonyl (C=O) groups is 1. The summed E-state index contributed by atoms with van der Waals surface area (Å²) in [4.78, 5) is 10.5. The van der Waals surface area contributed by atoms with Crippen LogP contribution in [-0.2, 0) is 4.79 Å². The highest BCUT2D eigenvalue weighted by molar-refractivity contribution is 5.66. The fourth-order valence-electron chi connectivity index (χ4n) is 2.67. The minimum Gasteiger partial charge on any atom is -0.481 e. The predicted molar refractivity (Wildman–Crippen MR) is 98.1 cm³/mol. The lowest BCUT2D eigenvalue weighted by atomic mass is 9.97. The zero-order valence-electron chi connectivity index (χ0n) is 14.8. The molecule has 0 aliphatic rings. The average Bonchev–Trinajstić information content (AvgIpc) is 2.59. The summed E-state index contributed by atoms with van der Waals surface area (Å²) in [5, 5.41) is 38.9. The second-order valence-corrected chi connectivity index (χ2v) is 6.34. The van der Waals surface area contributed by atoms with Gasteiger partial charge in [-0.25, -0.2) is 0 Å². The maximum absolute atomic E-state index is 10.5. The number of aliphatic hydroxyl groups excluding tert-OH is 3. The number of hydrogen-bond acceptors (Lipinski definition) is 4. The second-order valence-electron chi connectivity index (χ2n) is 6.34. The van der Waals surface area contributed by atoms with Gasteiger partial charge in [0, 0.05) is 6.42 Å². The summed E-state index contributed by atoms with van der Waals surface area (Å²) in [6.07, 6.45) is 4.90. The Bertz CT molecular complexity index is 541. The molecular weight excluding hydrogens is 320 g/mol. The van der Waals surface area contributed by atoms with Gasteiger partial charge < -0.3 is 20.4 Å². The number of aliphatic carboxylic acids is 1. The first-order chi connectivity index (χ1) is 12.0. The van der Waals surface area contributed by atoms with Crippen molar-refractivity contribution < 1.29 is 25.2 Å². The maximum atomic E-state index is 10.5. The molecule has 0 spiro atoms. The highest BCUT2D eigenvalue weighted by atomic mass is 16.4. The van der Waals surface area contributed by atoms with Crippen LogP contribution < -0.4 is 0 Å². The van der Waals surface area contributed by atoms with Crippen LogP contribution in [0.5, 0.6) is 0 Å². The summed E-state index contributed by atoms with van der Waals surface area (Å²) in [6, 6.07) is 7.45. The molecule has 1 rings (SSSR count). The summed E-state index contributed by atoms with van der Waals surface area (Å²) in [5.41, 5.74) is 1.62. The molecule has 0 aliphatic carbocycles. The van der Waals surface area contributed by atoms with Gasteiger partial charge >= 0.3 is 5.97 Å². The van der Waals surface area contributed by atoms with E-state index in [2.05, 4.69) is 6.92 Å². The van der Waals surface area contributed by atoms with E-state index in [-0.39, 0.29) is 12.8 Å². The lowest BCUT2D eigenvalue weighted by Crippen LogP contribution is -2.23. The van der Waals surface area contributed by atoms with Gasteiger partial charge in [0.1, 0.15) is 0 Å². The summed E-state index contributed by atoms with van der Waals surface area (Å²) < 4.78 is 0. The van der Waals surface area contributed by atoms with Crippen LogP contribution >= 0.6 is 0 Å². The molecule has 0 saturated heterocycles. The molecule has 0 aliphatic heterocycles. The van der Waals surface area contributed by atoms with E-state index in [4.69, 9.17) is 5.11 Å². The Morgan fingerprint density at radius 2 is 1.80 bits per heavy atom. The molecule has 0 unspecified atom stereocenters. The molecule has 140 valence electrons. The number of aliphatic hydroxyl groups is 3. The Morgan fingerprint density at radius 1 is 1.08 bits per heavy atom. The van der Waals surface area contributed by atoms with E-state index in [0.29, 0.717) is 12.8 Å². The van der Waals surface area contributed by atoms with Crippen molar-refractivity contribution in [2.75, 3.05) is 0 Å². The van der Waals surface area contributed by atoms with Gasteiger partial charge in [-0.1, -0.05) is 62.6 Å². The molecule has 0 aromatic heterocycles. The quantitative estimate of drug-likeness (QED) is 0.434. The normalized spacial score (nSPS) is 15.2. The van der Waals surface area contributed by atoms with Gasteiger partial charge in [0.25, 0.3) is 0 Å². The van der Waals surface area contributed by atoms with Gasteiger partial charge in [-0.2, -0.15) is 0 Å². The van der Waals surface area contributed by atoms with Crippen molar-refractivity contribution in [3.8, 4) is 0 Å². The van der Waals surface area contributed by atoms with Gasteiger partial charge in [0.05, 0.1) is 18.3 Å². The molecule has 1 aromatic carbocycles. The minimum absolute atomic E-state index is 0.0275. The zero-order chi connectivity index (χ0) is 18.7. The summed E-state index contributed by atoms with van der Waals surface area (Å²) in [6.45, 7) is 2.12. The number of unbranched alkanes of at least 4 members (excludes halogenated alkanes) is 2. The third-order valence-corrected chi connectivity index (χ3v) is 4.19. The molecule has 5 nitrogen and oxygen atoms in total. The van der Waals surface area contributed by atoms with E-state index in [9.17, 15) is 20.1 Å². The molecule has 1 aromatic rings. The van der Waals surface area contributed by atoms with Crippen molar-refractivity contribution in [3.05, 3.63) is 41.5 Å². The lowest BCUT2D eigenvalue weighted by molar-refractivity contribution is -0.137. The largest absolute Gasteiger partial charge is 0.481 e. The number of carboxylic acids is 1. The SMILES string of the molecule is CCCCC[C@@H](O)c1ccccc1C=C[C@@H](O)[C@@H](O)CCCC(=O)O. The van der Waals surface area contributed by atoms with Crippen LogP contribution in [0.4, 0.5) is 0 Å². The van der Waals surface area contributed by atoms with E-state index in [1.54, 1.807) is 6.08 Å². The smallest absolute Gasteiger partial charge is 0.303 e. The van der Waals surface area contributed by atoms with Gasteiger partial charge in [0.2, 0.25) is 0 Å². The third kappa shape index (κ3) is 8.29. The topological polar surface area (TPSA) is 98.0 Å². The van der Waals surface area contributed by atoms with E-state index >= 15 is 0 Å². The Kier molecular flexibility index (Phi) is 10.1. The van der Waals surface area contributed by atoms with Gasteiger partial charge in [-0.15, -0.1) is 0 Å². The molecule has 0 saturated carbocycles. The van der Waals surface area contributed by atoms with Crippen LogP contribution in [0.3, 0.4) is 0 Å². The predicted octanol–water partition coefficient (Wildman–Crippen LogP) is 3.29. The van der Waals surface area contributed by atoms with E-state index in [1.165, 1.54) is 6.08 Å². The standard InChI is InChI=1S/C20H30O5/c1-2-3-4-10-17(21)16-9-6-5-8-15(16)13-14-19(23)18(22)11-7-12-20(24)25/h5-6,8-9,13-14,17-19,21-23H,2-4,7,10-12H2,1H3,(H,24,25)/t17-,18+,19-/m1/s1. The Morgan fingerprint density at radius 3 is 2.48 bits per heavy atom. The Balaban J connectivity index is 2.65. The molecular formula is C20H30O5. The third-order valence-electron chi connectivity index (χ3n) is 4.19. The lowest BCUT2D eigenvalue weighted by Gasteiger charge is -2.16. The van der Waals surface area contributed by atoms with Crippen LogP contribution in [0.25, 0.3) is 6.08 Å². The fraction of sp³-hybridized carbons (Fsp3) is 0.550. The fourth-order valence-corrected chi connectivity index (χ4v) is 2.67. The van der Waals surface area contributed by atoms with Crippen LogP contribution in [0.1, 0.15) is 69.1 Å². The maximum Gasteiger partial charge on any atom is 0.303 e. The first kappa shape index (κ1) is 21.4. The Hall–Kier alpha value is -1.69. The van der Waals surface area contributed by atoms with Gasteiger partial charge in [-0.3, -0.25) is 4.79 Å². The highest BCUT2D eigenvalue weighted by Gasteiger charge is 2.15. The van der Waals surface area contributed by atoms with E-state index < -0.39 is 24.3 Å². The second kappa shape index (κ2) is 11.8. The molecule has 25 heavy (non-hydrogen) atoms. The van der Waals surface area contributed by atoms with Crippen molar-refractivity contribution in [2.45, 2.75) is 70.2 Å². The monoisotopic (exact) mass is 350 g/mol. The first-order valence-electron chi connectivity index (χ1n) is 8.98. The molecule has 3 atom stereocenters. The Labute approximate surface area is 149 Å². The molecule has 0 fully saturated rings. The van der Waals surface area contributed by atoms with Crippen molar-refractivity contribution >= 4 is 12.0 Å². The zero-order valence-corrected chi connectivity index (χ0v) is 14.8. The number of rotatable bonds is 12. The van der Waals surface area contributed by atoms with Gasteiger partial charge in [-0.05, 0) is 30.4 Å². The molecule has 0 radical (unpaired) electrons. The van der Waals surface area contributed by atoms with E-state index in [0.717, 1.165) is 30.4 Å². The van der Waals surface area contributed by atoms with Crippen molar-refractivity contribution in [2.24, 2.45) is 0 Å². The van der Waals surface area contributed by atoms with Crippen LogP contribution in [-0.4, -0.2) is 38.6 Å². The van der Waals surface area contributed by atoms with Gasteiger partial charge in [0.15, 0.2) is 0 Å². The molecule has 0 bridgehead atoms. The number of hydrogen-bond donors (Lipinski definition) is 4. The molecule has 0 amide bonds. The number of carboxylic acid groups (broad SMARTS) is 1. The summed E-state index contributed by atoms with van der Waals surface area (Å²) >= 11 is 0. The molecule has 4 N–H and O–H groups in total. The van der Waals surface area contributed by atoms with Crippen LogP contribution in [0.2, 0.25) is 0 Å². The summed E-state index contributed by atoms with van der Waals surface area (Å²) in [5.74, 6) is -0.914. The van der Waals surface area contributed by atoms with Crippen LogP contribution in [0, 0.1) is 0 Å². The first-order valence-corrected chi connectivity index (χ1v) is 8.98. The highest BCUT2D eigenvalue weighted by Crippen LogP contribution is 2.24. The van der Waals surface area contributed by atoms with Crippen LogP contribution in [0.15, 0.2) is 30.3 Å². The number of benzene rings is 1. The average molecular weight is 350 g/mol. The minimum atomic E-state index is -1.07. The summed E-state index contributed by atoms with van der Waals surface area (Å²) in [7, 11) is 0. The molecule has 0 heterocycles. The van der Waals surface area contributed by atoms with Crippen molar-refractivity contribution in [1.82, 2.24) is 0 Å². The molecule has 5 heteroatoms. The van der Waals surface area contributed by atoms with E-state index in [1.807, 2.05) is 24.3 Å². The van der Waals surface area contributed by atoms with Crippen molar-refractivity contribution in [3.63, 3.8) is 0 Å².